The maximum absolute atomic E-state index is 11.5. The van der Waals surface area contributed by atoms with E-state index in [0.717, 1.165) is 26.2 Å². The van der Waals surface area contributed by atoms with Gasteiger partial charge in [0, 0.05) is 39.3 Å². The second-order valence-electron chi connectivity index (χ2n) is 7.48. The van der Waals surface area contributed by atoms with Crippen LogP contribution >= 0.6 is 0 Å². The molecule has 0 bridgehead atoms. The number of anilines is 3. The molecule has 0 spiro atoms. The Labute approximate surface area is 148 Å². The third-order valence-electron chi connectivity index (χ3n) is 5.02. The van der Waals surface area contributed by atoms with Crippen LogP contribution in [0.3, 0.4) is 0 Å². The van der Waals surface area contributed by atoms with Gasteiger partial charge in [-0.2, -0.15) is 9.97 Å². The van der Waals surface area contributed by atoms with Crippen molar-refractivity contribution in [3.05, 3.63) is 10.1 Å². The molecular weight excluding hydrogens is 322 g/mol. The summed E-state index contributed by atoms with van der Waals surface area (Å²) < 4.78 is 0. The van der Waals surface area contributed by atoms with Crippen molar-refractivity contribution in [3.8, 4) is 0 Å². The fourth-order valence-corrected chi connectivity index (χ4v) is 3.83. The molecule has 0 unspecified atom stereocenters. The summed E-state index contributed by atoms with van der Waals surface area (Å²) in [4.78, 5) is 26.2. The summed E-state index contributed by atoms with van der Waals surface area (Å²) in [5.41, 5.74) is 5.80. The van der Waals surface area contributed by atoms with Gasteiger partial charge >= 0.3 is 5.69 Å². The summed E-state index contributed by atoms with van der Waals surface area (Å²) in [6, 6.07) is 0. The van der Waals surface area contributed by atoms with E-state index in [-0.39, 0.29) is 11.5 Å². The van der Waals surface area contributed by atoms with Crippen molar-refractivity contribution in [2.75, 3.05) is 61.8 Å². The van der Waals surface area contributed by atoms with Gasteiger partial charge in [-0.05, 0) is 25.3 Å². The highest BCUT2D eigenvalue weighted by molar-refractivity contribution is 5.71. The molecule has 2 fully saturated rings. The van der Waals surface area contributed by atoms with Crippen LogP contribution in [0.15, 0.2) is 0 Å². The van der Waals surface area contributed by atoms with E-state index in [1.54, 1.807) is 0 Å². The molecule has 9 heteroatoms. The Morgan fingerprint density at radius 1 is 1.08 bits per heavy atom. The van der Waals surface area contributed by atoms with E-state index in [1.807, 2.05) is 11.9 Å². The molecule has 0 aliphatic carbocycles. The average molecular weight is 349 g/mol. The zero-order valence-corrected chi connectivity index (χ0v) is 15.2. The Kier molecular flexibility index (Phi) is 4.94. The summed E-state index contributed by atoms with van der Waals surface area (Å²) in [6.07, 6.45) is 1.17. The lowest BCUT2D eigenvalue weighted by Crippen LogP contribution is -2.45. The van der Waals surface area contributed by atoms with Crippen molar-refractivity contribution in [1.29, 1.82) is 0 Å². The number of piperidine rings is 1. The molecule has 25 heavy (non-hydrogen) atoms. The minimum atomic E-state index is -0.464. The van der Waals surface area contributed by atoms with Crippen molar-refractivity contribution in [1.82, 2.24) is 14.9 Å². The third-order valence-corrected chi connectivity index (χ3v) is 5.02. The summed E-state index contributed by atoms with van der Waals surface area (Å²) in [6.45, 7) is 9.19. The zero-order valence-electron chi connectivity index (χ0n) is 15.2. The van der Waals surface area contributed by atoms with Gasteiger partial charge in [-0.25, -0.2) is 0 Å². The van der Waals surface area contributed by atoms with Crippen LogP contribution in [0.4, 0.5) is 23.3 Å². The molecule has 2 atom stereocenters. The Hall–Kier alpha value is -2.16. The molecule has 2 N–H and O–H groups in total. The van der Waals surface area contributed by atoms with Gasteiger partial charge in [0.2, 0.25) is 17.6 Å². The fraction of sp³-hybridized carbons (Fsp3) is 0.750. The first kappa shape index (κ1) is 17.7. The fourth-order valence-electron chi connectivity index (χ4n) is 3.83. The lowest BCUT2D eigenvalue weighted by molar-refractivity contribution is -0.383. The van der Waals surface area contributed by atoms with E-state index in [2.05, 4.69) is 33.6 Å². The first-order valence-corrected chi connectivity index (χ1v) is 8.85. The highest BCUT2D eigenvalue weighted by atomic mass is 16.6. The zero-order chi connectivity index (χ0) is 18.1. The minimum Gasteiger partial charge on any atom is -0.378 e. The number of nitro groups is 1. The number of hydrogen-bond donors (Lipinski definition) is 1. The van der Waals surface area contributed by atoms with Gasteiger partial charge in [-0.1, -0.05) is 13.8 Å². The molecule has 0 aromatic carbocycles. The Balaban J connectivity index is 1.97. The van der Waals surface area contributed by atoms with Crippen LogP contribution in [0, 0.1) is 22.0 Å². The number of likely N-dealkylation sites (N-methyl/N-ethyl adjacent to an activating group) is 1. The molecule has 9 nitrogen and oxygen atoms in total. The Morgan fingerprint density at radius 3 is 2.24 bits per heavy atom. The quantitative estimate of drug-likeness (QED) is 0.641. The van der Waals surface area contributed by atoms with Gasteiger partial charge in [0.25, 0.3) is 0 Å². The molecule has 2 aliphatic rings. The van der Waals surface area contributed by atoms with Gasteiger partial charge in [-0.15, -0.1) is 0 Å². The standard InChI is InChI=1S/C16H27N7O2/c1-11-8-12(2)10-22(9-11)16-18-14(17)13(23(24)25)15(19-16)21-6-4-20(3)5-7-21/h11-12H,4-10H2,1-3H3,(H2,17,18,19)/t11-,12+. The van der Waals surface area contributed by atoms with Crippen molar-refractivity contribution < 1.29 is 4.92 Å². The molecule has 3 rings (SSSR count). The largest absolute Gasteiger partial charge is 0.378 e. The highest BCUT2D eigenvalue weighted by Crippen LogP contribution is 2.34. The minimum absolute atomic E-state index is 0.0465. The molecule has 0 saturated carbocycles. The summed E-state index contributed by atoms with van der Waals surface area (Å²) in [7, 11) is 2.04. The lowest BCUT2D eigenvalue weighted by atomic mass is 9.92. The molecular formula is C16H27N7O2. The molecule has 0 amide bonds. The first-order valence-electron chi connectivity index (χ1n) is 8.85. The van der Waals surface area contributed by atoms with Crippen LogP contribution < -0.4 is 15.5 Å². The van der Waals surface area contributed by atoms with Crippen LogP contribution in [0.5, 0.6) is 0 Å². The molecule has 2 aliphatic heterocycles. The normalized spacial score (nSPS) is 25.2. The summed E-state index contributed by atoms with van der Waals surface area (Å²) in [5, 5.41) is 11.5. The Morgan fingerprint density at radius 2 is 1.68 bits per heavy atom. The van der Waals surface area contributed by atoms with Crippen LogP contribution in [-0.4, -0.2) is 66.1 Å². The van der Waals surface area contributed by atoms with Crippen molar-refractivity contribution in [3.63, 3.8) is 0 Å². The number of nitrogens with two attached hydrogens (primary N) is 1. The molecule has 1 aromatic heterocycles. The second kappa shape index (κ2) is 6.99. The predicted octanol–water partition coefficient (Wildman–Crippen LogP) is 1.20. The number of hydrogen-bond acceptors (Lipinski definition) is 8. The summed E-state index contributed by atoms with van der Waals surface area (Å²) in [5.74, 6) is 1.89. The number of rotatable bonds is 3. The van der Waals surface area contributed by atoms with Gasteiger partial charge < -0.3 is 20.4 Å². The van der Waals surface area contributed by atoms with Crippen LogP contribution in [0.1, 0.15) is 20.3 Å². The van der Waals surface area contributed by atoms with Crippen LogP contribution in [0.2, 0.25) is 0 Å². The highest BCUT2D eigenvalue weighted by Gasteiger charge is 2.31. The first-order chi connectivity index (χ1) is 11.8. The smallest absolute Gasteiger partial charge is 0.353 e. The average Bonchev–Trinajstić information content (AvgIpc) is 2.53. The van der Waals surface area contributed by atoms with Crippen LogP contribution in [0.25, 0.3) is 0 Å². The lowest BCUT2D eigenvalue weighted by Gasteiger charge is -2.36. The van der Waals surface area contributed by atoms with E-state index < -0.39 is 4.92 Å². The van der Waals surface area contributed by atoms with Gasteiger partial charge in [0.05, 0.1) is 4.92 Å². The number of piperazine rings is 1. The van der Waals surface area contributed by atoms with E-state index in [9.17, 15) is 10.1 Å². The van der Waals surface area contributed by atoms with E-state index in [0.29, 0.717) is 36.7 Å². The van der Waals surface area contributed by atoms with Crippen LogP contribution in [-0.2, 0) is 0 Å². The number of aromatic nitrogens is 2. The molecule has 1 aromatic rings. The molecule has 138 valence electrons. The molecule has 2 saturated heterocycles. The number of nitrogen functional groups attached to an aromatic ring is 1. The van der Waals surface area contributed by atoms with Crippen molar-refractivity contribution in [2.24, 2.45) is 11.8 Å². The monoisotopic (exact) mass is 349 g/mol. The van der Waals surface area contributed by atoms with Crippen molar-refractivity contribution >= 4 is 23.3 Å². The molecule has 3 heterocycles. The second-order valence-corrected chi connectivity index (χ2v) is 7.48. The van der Waals surface area contributed by atoms with Gasteiger partial charge in [0.15, 0.2) is 0 Å². The topological polar surface area (TPSA) is 105 Å². The number of nitrogens with zero attached hydrogens (tertiary/aromatic N) is 6. The van der Waals surface area contributed by atoms with E-state index >= 15 is 0 Å². The maximum atomic E-state index is 11.5. The molecule has 0 radical (unpaired) electrons. The van der Waals surface area contributed by atoms with Gasteiger partial charge in [-0.3, -0.25) is 10.1 Å². The van der Waals surface area contributed by atoms with E-state index in [4.69, 9.17) is 5.73 Å². The SMILES string of the molecule is C[C@@H]1C[C@H](C)CN(c2nc(N)c([N+](=O)[O-])c(N3CCN(C)CC3)n2)C1. The third kappa shape index (κ3) is 3.76. The van der Waals surface area contributed by atoms with Crippen molar-refractivity contribution in [2.45, 2.75) is 20.3 Å². The predicted molar refractivity (Wildman–Crippen MR) is 98.0 cm³/mol. The summed E-state index contributed by atoms with van der Waals surface area (Å²) >= 11 is 0. The Bertz CT molecular complexity index is 636. The van der Waals surface area contributed by atoms with E-state index in [1.165, 1.54) is 6.42 Å². The maximum Gasteiger partial charge on any atom is 0.353 e. The van der Waals surface area contributed by atoms with Gasteiger partial charge in [0.1, 0.15) is 0 Å².